The largest absolute Gasteiger partial charge is 0.357 e. The maximum atomic E-state index is 4.46. The molecule has 0 atom stereocenters. The molecule has 0 bridgehead atoms. The average molecular weight is 330 g/mol. The third kappa shape index (κ3) is 3.71. The second-order valence-electron chi connectivity index (χ2n) is 4.29. The van der Waals surface area contributed by atoms with Crippen LogP contribution in [0.25, 0.3) is 5.69 Å². The zero-order valence-corrected chi connectivity index (χ0v) is 13.3. The standard InChI is InChI=1S/C14H14N6S2/c1-2-8-15-13-17-18-14(22-13)21-10-11-9-16-20(19-11)12-6-4-3-5-7-12/h2-7,9H,1,8,10H2,(H,15,17). The van der Waals surface area contributed by atoms with Gasteiger partial charge in [0.1, 0.15) is 0 Å². The van der Waals surface area contributed by atoms with E-state index in [1.54, 1.807) is 28.8 Å². The van der Waals surface area contributed by atoms with E-state index >= 15 is 0 Å². The summed E-state index contributed by atoms with van der Waals surface area (Å²) in [5.41, 5.74) is 1.86. The van der Waals surface area contributed by atoms with Gasteiger partial charge in [-0.2, -0.15) is 15.0 Å². The molecule has 8 heteroatoms. The van der Waals surface area contributed by atoms with Gasteiger partial charge in [-0.15, -0.1) is 16.8 Å². The van der Waals surface area contributed by atoms with Gasteiger partial charge in [0.15, 0.2) is 4.34 Å². The smallest absolute Gasteiger partial charge is 0.206 e. The van der Waals surface area contributed by atoms with Gasteiger partial charge >= 0.3 is 0 Å². The van der Waals surface area contributed by atoms with Gasteiger partial charge in [-0.05, 0) is 12.1 Å². The first-order chi connectivity index (χ1) is 10.8. The number of hydrogen-bond donors (Lipinski definition) is 1. The van der Waals surface area contributed by atoms with Crippen molar-refractivity contribution in [3.05, 3.63) is 54.9 Å². The predicted molar refractivity (Wildman–Crippen MR) is 89.5 cm³/mol. The van der Waals surface area contributed by atoms with Crippen molar-refractivity contribution in [2.45, 2.75) is 10.1 Å². The summed E-state index contributed by atoms with van der Waals surface area (Å²) in [5, 5.41) is 20.9. The van der Waals surface area contributed by atoms with Gasteiger partial charge in [-0.3, -0.25) is 0 Å². The number of aromatic nitrogens is 5. The Labute approximate surface area is 136 Å². The van der Waals surface area contributed by atoms with E-state index in [1.165, 1.54) is 11.3 Å². The number of rotatable bonds is 7. The van der Waals surface area contributed by atoms with Crippen molar-refractivity contribution in [2.75, 3.05) is 11.9 Å². The summed E-state index contributed by atoms with van der Waals surface area (Å²) in [4.78, 5) is 1.63. The molecule has 2 heterocycles. The van der Waals surface area contributed by atoms with E-state index in [1.807, 2.05) is 30.3 Å². The summed E-state index contributed by atoms with van der Waals surface area (Å²) in [6.45, 7) is 4.34. The molecule has 0 saturated heterocycles. The number of anilines is 1. The average Bonchev–Trinajstić information content (AvgIpc) is 3.21. The van der Waals surface area contributed by atoms with Crippen molar-refractivity contribution in [3.8, 4) is 5.69 Å². The van der Waals surface area contributed by atoms with Crippen molar-refractivity contribution >= 4 is 28.2 Å². The molecule has 0 spiro atoms. The Hall–Kier alpha value is -2.19. The van der Waals surface area contributed by atoms with E-state index in [9.17, 15) is 0 Å². The molecular weight excluding hydrogens is 316 g/mol. The highest BCUT2D eigenvalue weighted by atomic mass is 32.2. The number of hydrogen-bond acceptors (Lipinski definition) is 7. The molecule has 3 aromatic rings. The second-order valence-corrected chi connectivity index (χ2v) is 6.49. The summed E-state index contributed by atoms with van der Waals surface area (Å²) in [5.74, 6) is 0.711. The molecular formula is C14H14N6S2. The molecule has 1 N–H and O–H groups in total. The van der Waals surface area contributed by atoms with Crippen LogP contribution in [0, 0.1) is 0 Å². The Balaban J connectivity index is 1.59. The minimum atomic E-state index is 0.685. The summed E-state index contributed by atoms with van der Waals surface area (Å²) in [6, 6.07) is 9.84. The summed E-state index contributed by atoms with van der Waals surface area (Å²) < 4.78 is 0.904. The molecule has 0 radical (unpaired) electrons. The Morgan fingerprint density at radius 3 is 2.95 bits per heavy atom. The molecule has 0 aliphatic heterocycles. The maximum absolute atomic E-state index is 4.46. The molecule has 0 saturated carbocycles. The van der Waals surface area contributed by atoms with Gasteiger partial charge in [0.25, 0.3) is 0 Å². The van der Waals surface area contributed by atoms with Gasteiger partial charge in [-0.25, -0.2) is 0 Å². The lowest BCUT2D eigenvalue weighted by atomic mass is 10.3. The van der Waals surface area contributed by atoms with Crippen molar-refractivity contribution in [1.29, 1.82) is 0 Å². The van der Waals surface area contributed by atoms with Crippen LogP contribution < -0.4 is 5.32 Å². The van der Waals surface area contributed by atoms with Gasteiger partial charge in [0, 0.05) is 12.3 Å². The fourth-order valence-electron chi connectivity index (χ4n) is 1.68. The monoisotopic (exact) mass is 330 g/mol. The minimum Gasteiger partial charge on any atom is -0.357 e. The van der Waals surface area contributed by atoms with Crippen molar-refractivity contribution < 1.29 is 0 Å². The SMILES string of the molecule is C=CCNc1nnc(SCc2cnn(-c3ccccc3)n2)s1. The molecule has 0 fully saturated rings. The van der Waals surface area contributed by atoms with Crippen LogP contribution in [0.2, 0.25) is 0 Å². The topological polar surface area (TPSA) is 68.5 Å². The minimum absolute atomic E-state index is 0.685. The zero-order chi connectivity index (χ0) is 15.2. The molecule has 2 aromatic heterocycles. The van der Waals surface area contributed by atoms with Crippen LogP contribution >= 0.6 is 23.1 Å². The Bertz CT molecular complexity index is 737. The zero-order valence-electron chi connectivity index (χ0n) is 11.7. The fourth-order valence-corrected chi connectivity index (χ4v) is 3.32. The van der Waals surface area contributed by atoms with Gasteiger partial charge in [0.2, 0.25) is 5.13 Å². The third-order valence-electron chi connectivity index (χ3n) is 2.67. The third-order valence-corrected chi connectivity index (χ3v) is 4.72. The van der Waals surface area contributed by atoms with E-state index in [0.717, 1.165) is 20.9 Å². The number of thioether (sulfide) groups is 1. The van der Waals surface area contributed by atoms with Gasteiger partial charge < -0.3 is 5.32 Å². The summed E-state index contributed by atoms with van der Waals surface area (Å²) in [7, 11) is 0. The molecule has 0 unspecified atom stereocenters. The van der Waals surface area contributed by atoms with Crippen LogP contribution in [-0.4, -0.2) is 31.7 Å². The van der Waals surface area contributed by atoms with Gasteiger partial charge in [0.05, 0.1) is 17.6 Å². The quantitative estimate of drug-likeness (QED) is 0.530. The van der Waals surface area contributed by atoms with E-state index < -0.39 is 0 Å². The number of benzene rings is 1. The highest BCUT2D eigenvalue weighted by molar-refractivity contribution is 8.00. The van der Waals surface area contributed by atoms with Crippen molar-refractivity contribution in [1.82, 2.24) is 25.2 Å². The van der Waals surface area contributed by atoms with Crippen LogP contribution in [0.15, 0.2) is 53.5 Å². The molecule has 22 heavy (non-hydrogen) atoms. The fraction of sp³-hybridized carbons (Fsp3) is 0.143. The number of para-hydroxylation sites is 1. The molecule has 112 valence electrons. The van der Waals surface area contributed by atoms with E-state index in [2.05, 4.69) is 32.3 Å². The molecule has 3 rings (SSSR count). The lowest BCUT2D eigenvalue weighted by Gasteiger charge is -1.97. The van der Waals surface area contributed by atoms with Crippen LogP contribution in [0.1, 0.15) is 5.69 Å². The first-order valence-corrected chi connectivity index (χ1v) is 8.43. The lowest BCUT2D eigenvalue weighted by molar-refractivity contribution is 0.745. The summed E-state index contributed by atoms with van der Waals surface area (Å²) >= 11 is 3.12. The Morgan fingerprint density at radius 1 is 1.27 bits per heavy atom. The molecule has 0 aliphatic carbocycles. The second kappa shape index (κ2) is 7.19. The first kappa shape index (κ1) is 14.7. The maximum Gasteiger partial charge on any atom is 0.206 e. The Morgan fingerprint density at radius 2 is 2.14 bits per heavy atom. The molecule has 6 nitrogen and oxygen atoms in total. The highest BCUT2D eigenvalue weighted by Crippen LogP contribution is 2.27. The van der Waals surface area contributed by atoms with E-state index in [4.69, 9.17) is 0 Å². The van der Waals surface area contributed by atoms with Crippen LogP contribution in [0.5, 0.6) is 0 Å². The van der Waals surface area contributed by atoms with E-state index in [0.29, 0.717) is 12.3 Å². The Kier molecular flexibility index (Phi) is 4.81. The molecule has 1 aromatic carbocycles. The van der Waals surface area contributed by atoms with Crippen molar-refractivity contribution in [2.24, 2.45) is 0 Å². The highest BCUT2D eigenvalue weighted by Gasteiger charge is 2.07. The normalized spacial score (nSPS) is 10.5. The first-order valence-electron chi connectivity index (χ1n) is 6.63. The molecule has 0 aliphatic rings. The molecule has 0 amide bonds. The number of nitrogens with zero attached hydrogens (tertiary/aromatic N) is 5. The van der Waals surface area contributed by atoms with Crippen molar-refractivity contribution in [3.63, 3.8) is 0 Å². The van der Waals surface area contributed by atoms with Crippen LogP contribution in [-0.2, 0) is 5.75 Å². The van der Waals surface area contributed by atoms with Gasteiger partial charge in [-0.1, -0.05) is 47.4 Å². The predicted octanol–water partition coefficient (Wildman–Crippen LogP) is 3.01. The number of nitrogens with one attached hydrogen (secondary N) is 1. The van der Waals surface area contributed by atoms with E-state index in [-0.39, 0.29) is 0 Å². The van der Waals surface area contributed by atoms with Crippen LogP contribution in [0.3, 0.4) is 0 Å². The summed E-state index contributed by atoms with van der Waals surface area (Å²) in [6.07, 6.45) is 3.56. The van der Waals surface area contributed by atoms with Crippen LogP contribution in [0.4, 0.5) is 5.13 Å². The lowest BCUT2D eigenvalue weighted by Crippen LogP contribution is -1.98.